The van der Waals surface area contributed by atoms with Gasteiger partial charge in [0.25, 0.3) is 0 Å². The second kappa shape index (κ2) is 6.54. The number of hydrogen-bond acceptors (Lipinski definition) is 2. The van der Waals surface area contributed by atoms with Gasteiger partial charge in [-0.05, 0) is 18.8 Å². The number of halogens is 4. The Labute approximate surface area is 112 Å². The third-order valence-electron chi connectivity index (χ3n) is 3.14. The predicted octanol–water partition coefficient (Wildman–Crippen LogP) is 2.58. The van der Waals surface area contributed by atoms with Crippen molar-refractivity contribution in [1.29, 1.82) is 0 Å². The van der Waals surface area contributed by atoms with Crippen LogP contribution in [0.25, 0.3) is 0 Å². The van der Waals surface area contributed by atoms with Crippen LogP contribution >= 0.6 is 15.9 Å². The van der Waals surface area contributed by atoms with Crippen molar-refractivity contribution in [2.24, 2.45) is 5.92 Å². The summed E-state index contributed by atoms with van der Waals surface area (Å²) in [7, 11) is 0. The Morgan fingerprint density at radius 1 is 1.22 bits per heavy atom. The molecule has 0 aromatic heterocycles. The average Bonchev–Trinajstić information content (AvgIpc) is 2.34. The summed E-state index contributed by atoms with van der Waals surface area (Å²) in [5, 5.41) is 1.78. The minimum Gasteiger partial charge on any atom is -0.338 e. The molecule has 3 nitrogen and oxygen atoms in total. The van der Waals surface area contributed by atoms with E-state index in [1.165, 1.54) is 0 Å². The van der Waals surface area contributed by atoms with E-state index in [4.69, 9.17) is 0 Å². The fourth-order valence-corrected chi connectivity index (χ4v) is 2.58. The van der Waals surface area contributed by atoms with Gasteiger partial charge < -0.3 is 5.32 Å². The predicted molar refractivity (Wildman–Crippen MR) is 63.4 cm³/mol. The Hall–Kier alpha value is -0.590. The molecule has 0 heterocycles. The highest BCUT2D eigenvalue weighted by Crippen LogP contribution is 2.28. The Morgan fingerprint density at radius 3 is 2.22 bits per heavy atom. The molecule has 0 aromatic rings. The highest BCUT2D eigenvalue weighted by atomic mass is 79.9. The molecule has 1 fully saturated rings. The second-order valence-corrected chi connectivity index (χ2v) is 5.01. The molecule has 0 saturated heterocycles. The molecule has 1 aliphatic rings. The topological polar surface area (TPSA) is 46.2 Å². The number of rotatable bonds is 4. The van der Waals surface area contributed by atoms with Gasteiger partial charge in [-0.1, -0.05) is 35.2 Å². The van der Waals surface area contributed by atoms with Crippen LogP contribution < -0.4 is 5.32 Å². The Kier molecular flexibility index (Phi) is 5.62. The van der Waals surface area contributed by atoms with Gasteiger partial charge in [-0.2, -0.15) is 13.2 Å². The molecule has 0 spiro atoms. The van der Waals surface area contributed by atoms with Crippen LogP contribution in [0.1, 0.15) is 32.1 Å². The van der Waals surface area contributed by atoms with Gasteiger partial charge in [0.15, 0.2) is 5.78 Å². The van der Waals surface area contributed by atoms with E-state index in [2.05, 4.69) is 15.9 Å². The van der Waals surface area contributed by atoms with Gasteiger partial charge in [-0.15, -0.1) is 0 Å². The van der Waals surface area contributed by atoms with Crippen molar-refractivity contribution < 1.29 is 22.8 Å². The molecule has 1 rings (SSSR count). The van der Waals surface area contributed by atoms with E-state index in [9.17, 15) is 22.8 Å². The summed E-state index contributed by atoms with van der Waals surface area (Å²) in [6.07, 6.45) is -0.779. The van der Waals surface area contributed by atoms with Crippen molar-refractivity contribution in [3.63, 3.8) is 0 Å². The van der Waals surface area contributed by atoms with Crippen molar-refractivity contribution in [1.82, 2.24) is 5.32 Å². The molecule has 1 amide bonds. The number of carbonyl (C=O) groups excluding carboxylic acids is 2. The lowest BCUT2D eigenvalue weighted by atomic mass is 9.82. The molecular formula is C11H15BrF3NO2. The van der Waals surface area contributed by atoms with Crippen molar-refractivity contribution >= 4 is 27.6 Å². The maximum Gasteiger partial charge on any atom is 0.471 e. The van der Waals surface area contributed by atoms with E-state index in [1.54, 1.807) is 0 Å². The van der Waals surface area contributed by atoms with Crippen LogP contribution in [0.3, 0.4) is 0 Å². The quantitative estimate of drug-likeness (QED) is 0.806. The molecule has 0 radical (unpaired) electrons. The lowest BCUT2D eigenvalue weighted by molar-refractivity contribution is -0.175. The third kappa shape index (κ3) is 4.26. The monoisotopic (exact) mass is 329 g/mol. The SMILES string of the molecule is O=C(CBr)C(NC(=O)C(F)(F)F)C1CCCCC1. The normalized spacial score (nSPS) is 19.3. The summed E-state index contributed by atoms with van der Waals surface area (Å²) < 4.78 is 36.6. The Morgan fingerprint density at radius 2 is 1.78 bits per heavy atom. The van der Waals surface area contributed by atoms with E-state index in [-0.39, 0.29) is 11.2 Å². The Bertz CT molecular complexity index is 314. The molecule has 1 aliphatic carbocycles. The summed E-state index contributed by atoms with van der Waals surface area (Å²) in [5.74, 6) is -2.62. The van der Waals surface area contributed by atoms with Gasteiger partial charge in [0, 0.05) is 0 Å². The first kappa shape index (κ1) is 15.5. The van der Waals surface area contributed by atoms with Crippen LogP contribution in [-0.2, 0) is 9.59 Å². The third-order valence-corrected chi connectivity index (χ3v) is 3.70. The van der Waals surface area contributed by atoms with E-state index >= 15 is 0 Å². The van der Waals surface area contributed by atoms with Crippen LogP contribution in [-0.4, -0.2) is 29.2 Å². The van der Waals surface area contributed by atoms with E-state index in [1.807, 2.05) is 5.32 Å². The average molecular weight is 330 g/mol. The van der Waals surface area contributed by atoms with Gasteiger partial charge >= 0.3 is 12.1 Å². The summed E-state index contributed by atoms with van der Waals surface area (Å²) in [6, 6.07) is -1.03. The maximum atomic E-state index is 12.2. The van der Waals surface area contributed by atoms with Gasteiger partial charge in [0.05, 0.1) is 11.4 Å². The zero-order chi connectivity index (χ0) is 13.8. The number of carbonyl (C=O) groups is 2. The minimum atomic E-state index is -4.94. The molecule has 1 N–H and O–H groups in total. The number of nitrogens with one attached hydrogen (secondary N) is 1. The number of Topliss-reactive ketones (excluding diaryl/α,β-unsaturated/α-hetero) is 1. The minimum absolute atomic E-state index is 0.0493. The molecule has 18 heavy (non-hydrogen) atoms. The second-order valence-electron chi connectivity index (χ2n) is 4.45. The van der Waals surface area contributed by atoms with E-state index in [0.717, 1.165) is 19.3 Å². The molecule has 1 unspecified atom stereocenters. The summed E-state index contributed by atoms with van der Waals surface area (Å²) >= 11 is 2.94. The molecule has 1 atom stereocenters. The molecule has 7 heteroatoms. The Balaban J connectivity index is 2.72. The van der Waals surface area contributed by atoms with Crippen molar-refractivity contribution in [2.45, 2.75) is 44.3 Å². The number of alkyl halides is 4. The van der Waals surface area contributed by atoms with Crippen LogP contribution in [0.2, 0.25) is 0 Å². The lowest BCUT2D eigenvalue weighted by Gasteiger charge is -2.29. The highest BCUT2D eigenvalue weighted by Gasteiger charge is 2.42. The van der Waals surface area contributed by atoms with Crippen LogP contribution in [0.4, 0.5) is 13.2 Å². The molecule has 104 valence electrons. The lowest BCUT2D eigenvalue weighted by Crippen LogP contribution is -2.51. The van der Waals surface area contributed by atoms with Crippen molar-refractivity contribution in [2.75, 3.05) is 5.33 Å². The first-order chi connectivity index (χ1) is 8.36. The summed E-state index contributed by atoms with van der Waals surface area (Å²) in [4.78, 5) is 22.6. The number of hydrogen-bond donors (Lipinski definition) is 1. The largest absolute Gasteiger partial charge is 0.471 e. The molecular weight excluding hydrogens is 315 g/mol. The van der Waals surface area contributed by atoms with Crippen molar-refractivity contribution in [3.05, 3.63) is 0 Å². The fourth-order valence-electron chi connectivity index (χ4n) is 2.23. The van der Waals surface area contributed by atoms with Crippen molar-refractivity contribution in [3.8, 4) is 0 Å². The number of amides is 1. The first-order valence-electron chi connectivity index (χ1n) is 5.82. The zero-order valence-corrected chi connectivity index (χ0v) is 11.3. The molecule has 0 bridgehead atoms. The first-order valence-corrected chi connectivity index (χ1v) is 6.94. The van der Waals surface area contributed by atoms with Gasteiger partial charge in [-0.25, -0.2) is 0 Å². The standard InChI is InChI=1S/C11H15BrF3NO2/c12-6-8(17)9(7-4-2-1-3-5-7)16-10(18)11(13,14)15/h7,9H,1-6H2,(H,16,18). The van der Waals surface area contributed by atoms with E-state index < -0.39 is 23.9 Å². The molecule has 0 aromatic carbocycles. The van der Waals surface area contributed by atoms with Crippen LogP contribution in [0.5, 0.6) is 0 Å². The zero-order valence-electron chi connectivity index (χ0n) is 9.73. The van der Waals surface area contributed by atoms with Gasteiger partial charge in [0.2, 0.25) is 0 Å². The maximum absolute atomic E-state index is 12.2. The van der Waals surface area contributed by atoms with Crippen LogP contribution in [0.15, 0.2) is 0 Å². The smallest absolute Gasteiger partial charge is 0.338 e. The summed E-state index contributed by atoms with van der Waals surface area (Å²) in [5.41, 5.74) is 0. The van der Waals surface area contributed by atoms with Crippen LogP contribution in [0, 0.1) is 5.92 Å². The van der Waals surface area contributed by atoms with Gasteiger partial charge in [0.1, 0.15) is 0 Å². The highest BCUT2D eigenvalue weighted by molar-refractivity contribution is 9.09. The number of ketones is 1. The van der Waals surface area contributed by atoms with E-state index in [0.29, 0.717) is 12.8 Å². The molecule has 1 saturated carbocycles. The summed E-state index contributed by atoms with van der Waals surface area (Å²) in [6.45, 7) is 0. The fraction of sp³-hybridized carbons (Fsp3) is 0.818. The molecule has 0 aliphatic heterocycles. The van der Waals surface area contributed by atoms with Gasteiger partial charge in [-0.3, -0.25) is 9.59 Å².